The third kappa shape index (κ3) is 2.61. The van der Waals surface area contributed by atoms with E-state index in [0.717, 1.165) is 38.8 Å². The fourth-order valence-electron chi connectivity index (χ4n) is 2.74. The van der Waals surface area contributed by atoms with Gasteiger partial charge in [0.1, 0.15) is 6.04 Å². The zero-order valence-corrected chi connectivity index (χ0v) is 10.8. The number of hydrogen-bond donors (Lipinski definition) is 0. The number of hydrogen-bond acceptors (Lipinski definition) is 2. The first-order chi connectivity index (χ1) is 8.09. The van der Waals surface area contributed by atoms with E-state index in [1.165, 1.54) is 0 Å². The van der Waals surface area contributed by atoms with Crippen LogP contribution in [0.1, 0.15) is 39.5 Å². The van der Waals surface area contributed by atoms with Crippen LogP contribution < -0.4 is 0 Å². The summed E-state index contributed by atoms with van der Waals surface area (Å²) in [5.41, 5.74) is 0. The minimum atomic E-state index is -0.143. The Bertz CT molecular complexity index is 315. The monoisotopic (exact) mass is 238 g/mol. The summed E-state index contributed by atoms with van der Waals surface area (Å²) in [6.45, 7) is 6.18. The van der Waals surface area contributed by atoms with Gasteiger partial charge in [0.25, 0.3) is 0 Å². The van der Waals surface area contributed by atoms with Gasteiger partial charge in [0.15, 0.2) is 0 Å². The highest BCUT2D eigenvalue weighted by molar-refractivity contribution is 5.95. The molecule has 0 aliphatic carbocycles. The van der Waals surface area contributed by atoms with Crippen molar-refractivity contribution in [1.29, 1.82) is 0 Å². The van der Waals surface area contributed by atoms with Crippen molar-refractivity contribution in [2.45, 2.75) is 45.6 Å². The van der Waals surface area contributed by atoms with E-state index in [2.05, 4.69) is 13.8 Å². The Morgan fingerprint density at radius 1 is 1.35 bits per heavy atom. The summed E-state index contributed by atoms with van der Waals surface area (Å²) in [6.07, 6.45) is 3.95. The molecule has 0 aromatic rings. The van der Waals surface area contributed by atoms with E-state index in [1.54, 1.807) is 9.80 Å². The van der Waals surface area contributed by atoms with Gasteiger partial charge in [-0.05, 0) is 31.6 Å². The van der Waals surface area contributed by atoms with E-state index in [0.29, 0.717) is 12.5 Å². The Hall–Kier alpha value is -1.06. The normalized spacial score (nSPS) is 24.8. The van der Waals surface area contributed by atoms with E-state index in [-0.39, 0.29) is 17.9 Å². The maximum atomic E-state index is 12.2. The van der Waals surface area contributed by atoms with E-state index in [9.17, 15) is 9.59 Å². The van der Waals surface area contributed by atoms with Crippen molar-refractivity contribution >= 4 is 11.8 Å². The van der Waals surface area contributed by atoms with Crippen LogP contribution in [0, 0.1) is 5.92 Å². The molecule has 0 aromatic carbocycles. The second kappa shape index (κ2) is 5.07. The topological polar surface area (TPSA) is 40.6 Å². The molecule has 0 aromatic heterocycles. The van der Waals surface area contributed by atoms with E-state index < -0.39 is 0 Å². The molecule has 17 heavy (non-hydrogen) atoms. The molecule has 0 N–H and O–H groups in total. The highest BCUT2D eigenvalue weighted by Crippen LogP contribution is 2.23. The Labute approximate surface area is 103 Å². The average Bonchev–Trinajstić information content (AvgIpc) is 2.74. The van der Waals surface area contributed by atoms with Crippen LogP contribution in [-0.2, 0) is 9.59 Å². The van der Waals surface area contributed by atoms with Gasteiger partial charge in [0.05, 0.1) is 6.54 Å². The van der Waals surface area contributed by atoms with Gasteiger partial charge < -0.3 is 9.80 Å². The maximum absolute atomic E-state index is 12.2. The molecule has 0 spiro atoms. The molecular weight excluding hydrogens is 216 g/mol. The third-order valence-electron chi connectivity index (χ3n) is 3.71. The number of rotatable bonds is 4. The highest BCUT2D eigenvalue weighted by atomic mass is 16.2. The lowest BCUT2D eigenvalue weighted by Crippen LogP contribution is -2.57. The fourth-order valence-corrected chi connectivity index (χ4v) is 2.74. The minimum absolute atomic E-state index is 0.136. The maximum Gasteiger partial charge on any atom is 0.245 e. The van der Waals surface area contributed by atoms with Crippen molar-refractivity contribution in [3.63, 3.8) is 0 Å². The lowest BCUT2D eigenvalue weighted by Gasteiger charge is -2.36. The molecule has 4 nitrogen and oxygen atoms in total. The largest absolute Gasteiger partial charge is 0.332 e. The summed E-state index contributed by atoms with van der Waals surface area (Å²) < 4.78 is 0. The Morgan fingerprint density at radius 3 is 2.82 bits per heavy atom. The molecule has 2 aliphatic heterocycles. The van der Waals surface area contributed by atoms with Crippen LogP contribution in [0.25, 0.3) is 0 Å². The molecule has 1 unspecified atom stereocenters. The van der Waals surface area contributed by atoms with Crippen LogP contribution in [-0.4, -0.2) is 47.3 Å². The van der Waals surface area contributed by atoms with Crippen LogP contribution in [0.5, 0.6) is 0 Å². The first kappa shape index (κ1) is 12.4. The molecule has 1 atom stereocenters. The first-order valence-corrected chi connectivity index (χ1v) is 6.68. The summed E-state index contributed by atoms with van der Waals surface area (Å²) in [4.78, 5) is 27.5. The molecule has 0 bridgehead atoms. The van der Waals surface area contributed by atoms with Gasteiger partial charge in [-0.3, -0.25) is 9.59 Å². The lowest BCUT2D eigenvalue weighted by atomic mass is 10.1. The predicted molar refractivity (Wildman–Crippen MR) is 65.4 cm³/mol. The number of piperazine rings is 1. The molecular formula is C13H22N2O2. The quantitative estimate of drug-likeness (QED) is 0.739. The fraction of sp³-hybridized carbons (Fsp3) is 0.846. The van der Waals surface area contributed by atoms with Crippen LogP contribution >= 0.6 is 0 Å². The summed E-state index contributed by atoms with van der Waals surface area (Å²) in [5, 5.41) is 0. The number of fused-ring (bicyclic) bond motifs is 1. The molecule has 2 heterocycles. The van der Waals surface area contributed by atoms with Crippen molar-refractivity contribution in [3.05, 3.63) is 0 Å². The van der Waals surface area contributed by atoms with Crippen molar-refractivity contribution in [2.75, 3.05) is 19.6 Å². The minimum Gasteiger partial charge on any atom is -0.332 e. The molecule has 4 heteroatoms. The van der Waals surface area contributed by atoms with Crippen LogP contribution in [0.3, 0.4) is 0 Å². The van der Waals surface area contributed by atoms with Crippen molar-refractivity contribution in [3.8, 4) is 0 Å². The first-order valence-electron chi connectivity index (χ1n) is 6.68. The number of amides is 2. The van der Waals surface area contributed by atoms with Gasteiger partial charge in [-0.1, -0.05) is 13.8 Å². The van der Waals surface area contributed by atoms with Gasteiger partial charge >= 0.3 is 0 Å². The summed E-state index contributed by atoms with van der Waals surface area (Å²) in [6, 6.07) is -0.143. The van der Waals surface area contributed by atoms with Crippen LogP contribution in [0.15, 0.2) is 0 Å². The van der Waals surface area contributed by atoms with Crippen molar-refractivity contribution in [2.24, 2.45) is 5.92 Å². The van der Waals surface area contributed by atoms with Gasteiger partial charge in [-0.2, -0.15) is 0 Å². The zero-order valence-electron chi connectivity index (χ0n) is 10.8. The molecule has 96 valence electrons. The highest BCUT2D eigenvalue weighted by Gasteiger charge is 2.41. The summed E-state index contributed by atoms with van der Waals surface area (Å²) in [7, 11) is 0. The second-order valence-corrected chi connectivity index (χ2v) is 5.54. The van der Waals surface area contributed by atoms with Gasteiger partial charge in [0.2, 0.25) is 11.8 Å². The standard InChI is InChI=1S/C13H22N2O2/c1-10(2)5-3-7-14-9-12(16)15-8-4-6-11(15)13(14)17/h10-11H,3-9H2,1-2H3. The molecule has 0 saturated carbocycles. The lowest BCUT2D eigenvalue weighted by molar-refractivity contribution is -0.153. The van der Waals surface area contributed by atoms with Gasteiger partial charge in [-0.15, -0.1) is 0 Å². The summed E-state index contributed by atoms with van der Waals surface area (Å²) >= 11 is 0. The van der Waals surface area contributed by atoms with Crippen molar-refractivity contribution in [1.82, 2.24) is 9.80 Å². The molecule has 2 amide bonds. The number of nitrogens with zero attached hydrogens (tertiary/aromatic N) is 2. The van der Waals surface area contributed by atoms with E-state index in [1.807, 2.05) is 0 Å². The average molecular weight is 238 g/mol. The van der Waals surface area contributed by atoms with E-state index >= 15 is 0 Å². The molecule has 2 aliphatic rings. The smallest absolute Gasteiger partial charge is 0.245 e. The second-order valence-electron chi connectivity index (χ2n) is 5.54. The number of carbonyl (C=O) groups is 2. The van der Waals surface area contributed by atoms with Crippen molar-refractivity contribution < 1.29 is 9.59 Å². The predicted octanol–water partition coefficient (Wildman–Crippen LogP) is 1.26. The molecule has 2 fully saturated rings. The SMILES string of the molecule is CC(C)CCCN1CC(=O)N2CCCC2C1=O. The molecule has 2 rings (SSSR count). The van der Waals surface area contributed by atoms with E-state index in [4.69, 9.17) is 0 Å². The van der Waals surface area contributed by atoms with Crippen LogP contribution in [0.2, 0.25) is 0 Å². The number of carbonyl (C=O) groups excluding carboxylic acids is 2. The van der Waals surface area contributed by atoms with Gasteiger partial charge in [-0.25, -0.2) is 0 Å². The summed E-state index contributed by atoms with van der Waals surface area (Å²) in [5.74, 6) is 0.969. The zero-order chi connectivity index (χ0) is 12.4. The van der Waals surface area contributed by atoms with Crippen LogP contribution in [0.4, 0.5) is 0 Å². The molecule has 2 saturated heterocycles. The Kier molecular flexibility index (Phi) is 3.69. The Balaban J connectivity index is 1.90. The van der Waals surface area contributed by atoms with Gasteiger partial charge in [0, 0.05) is 13.1 Å². The third-order valence-corrected chi connectivity index (χ3v) is 3.71. The molecule has 0 radical (unpaired) electrons. The Morgan fingerprint density at radius 2 is 2.12 bits per heavy atom.